The molecule has 5 N–H and O–H groups in total. The van der Waals surface area contributed by atoms with Crippen LogP contribution in [0.25, 0.3) is 0 Å². The zero-order valence-corrected chi connectivity index (χ0v) is 16.4. The fraction of sp³-hybridized carbons (Fsp3) is 0.444. The minimum atomic E-state index is -2.99. The van der Waals surface area contributed by atoms with Crippen molar-refractivity contribution in [3.8, 4) is 0 Å². The number of anilines is 2. The molecule has 0 unspecified atom stereocenters. The summed E-state index contributed by atoms with van der Waals surface area (Å²) in [4.78, 5) is 49.0. The van der Waals surface area contributed by atoms with Crippen LogP contribution in [0.4, 0.5) is 25.0 Å². The van der Waals surface area contributed by atoms with E-state index < -0.39 is 35.9 Å². The maximum atomic E-state index is 13.6. The summed E-state index contributed by atoms with van der Waals surface area (Å²) < 4.78 is 32.2. The van der Waals surface area contributed by atoms with Gasteiger partial charge in [-0.1, -0.05) is 0 Å². The SMILES string of the molecule is CC(C)NC(=O)N[C@@H](C(N)=O)C(=O)Nc1ccc(N2CCOCC2=O)cc1C(F)F. The molecule has 1 fully saturated rings. The predicted molar refractivity (Wildman–Crippen MR) is 103 cm³/mol. The average molecular weight is 427 g/mol. The van der Waals surface area contributed by atoms with Crippen LogP contribution in [0.5, 0.6) is 0 Å². The Bertz CT molecular complexity index is 833. The average Bonchev–Trinajstić information content (AvgIpc) is 2.66. The first-order valence-corrected chi connectivity index (χ1v) is 9.07. The number of hydrogen-bond acceptors (Lipinski definition) is 5. The molecule has 0 aliphatic carbocycles. The molecular weight excluding hydrogens is 404 g/mol. The van der Waals surface area contributed by atoms with Crippen molar-refractivity contribution in [2.75, 3.05) is 30.0 Å². The van der Waals surface area contributed by atoms with Crippen LogP contribution in [0.2, 0.25) is 0 Å². The molecule has 1 aliphatic heterocycles. The van der Waals surface area contributed by atoms with Crippen molar-refractivity contribution in [3.05, 3.63) is 23.8 Å². The molecule has 0 aromatic heterocycles. The molecule has 0 radical (unpaired) electrons. The summed E-state index contributed by atoms with van der Waals surface area (Å²) in [6.07, 6.45) is -2.99. The van der Waals surface area contributed by atoms with E-state index in [4.69, 9.17) is 10.5 Å². The molecule has 1 saturated heterocycles. The molecule has 0 saturated carbocycles. The number of carbonyl (C=O) groups excluding carboxylic acids is 4. The number of nitrogens with zero attached hydrogens (tertiary/aromatic N) is 1. The third-order valence-corrected chi connectivity index (χ3v) is 4.07. The Hall–Kier alpha value is -3.28. The number of amides is 5. The molecule has 0 spiro atoms. The first kappa shape index (κ1) is 23.0. The lowest BCUT2D eigenvalue weighted by molar-refractivity contribution is -0.128. The van der Waals surface area contributed by atoms with Crippen LogP contribution in [0, 0.1) is 0 Å². The number of benzene rings is 1. The van der Waals surface area contributed by atoms with Gasteiger partial charge in [0.1, 0.15) is 6.61 Å². The predicted octanol–water partition coefficient (Wildman–Crippen LogP) is 0.487. The second kappa shape index (κ2) is 9.96. The molecule has 1 atom stereocenters. The number of urea groups is 1. The summed E-state index contributed by atoms with van der Waals surface area (Å²) in [5.74, 6) is -2.63. The molecule has 30 heavy (non-hydrogen) atoms. The summed E-state index contributed by atoms with van der Waals surface area (Å²) in [5, 5.41) is 6.70. The number of rotatable bonds is 7. The number of alkyl halides is 2. The maximum Gasteiger partial charge on any atom is 0.316 e. The van der Waals surface area contributed by atoms with Gasteiger partial charge < -0.3 is 31.3 Å². The van der Waals surface area contributed by atoms with Gasteiger partial charge in [-0.2, -0.15) is 0 Å². The van der Waals surface area contributed by atoms with Crippen molar-refractivity contribution >= 4 is 35.1 Å². The van der Waals surface area contributed by atoms with Gasteiger partial charge in [0.05, 0.1) is 6.61 Å². The molecule has 1 heterocycles. The van der Waals surface area contributed by atoms with Crippen molar-refractivity contribution < 1.29 is 32.7 Å². The van der Waals surface area contributed by atoms with Crippen LogP contribution in [0.1, 0.15) is 25.8 Å². The highest BCUT2D eigenvalue weighted by Gasteiger charge is 2.29. The van der Waals surface area contributed by atoms with Crippen LogP contribution in [-0.4, -0.2) is 55.6 Å². The van der Waals surface area contributed by atoms with Crippen molar-refractivity contribution in [1.29, 1.82) is 0 Å². The molecule has 0 bridgehead atoms. The summed E-state index contributed by atoms with van der Waals surface area (Å²) in [5.41, 5.74) is 4.54. The topological polar surface area (TPSA) is 143 Å². The Morgan fingerprint density at radius 3 is 2.47 bits per heavy atom. The Balaban J connectivity index is 2.22. The monoisotopic (exact) mass is 427 g/mol. The van der Waals surface area contributed by atoms with Crippen molar-refractivity contribution in [3.63, 3.8) is 0 Å². The van der Waals surface area contributed by atoms with Gasteiger partial charge in [-0.05, 0) is 32.0 Å². The Morgan fingerprint density at radius 2 is 1.90 bits per heavy atom. The molecule has 164 valence electrons. The Morgan fingerprint density at radius 1 is 1.20 bits per heavy atom. The van der Waals surface area contributed by atoms with Gasteiger partial charge in [-0.15, -0.1) is 0 Å². The van der Waals surface area contributed by atoms with Crippen LogP contribution in [-0.2, 0) is 19.1 Å². The number of hydrogen-bond donors (Lipinski definition) is 4. The van der Waals surface area contributed by atoms with E-state index in [1.54, 1.807) is 13.8 Å². The molecule has 2 rings (SSSR count). The zero-order chi connectivity index (χ0) is 22.4. The minimum Gasteiger partial charge on any atom is -0.370 e. The smallest absolute Gasteiger partial charge is 0.316 e. The Labute approximate surface area is 171 Å². The second-order valence-corrected chi connectivity index (χ2v) is 6.77. The number of halogens is 2. The van der Waals surface area contributed by atoms with Crippen LogP contribution in [0.15, 0.2) is 18.2 Å². The second-order valence-electron chi connectivity index (χ2n) is 6.77. The normalized spacial score (nSPS) is 15.1. The summed E-state index contributed by atoms with van der Waals surface area (Å²) in [6.45, 7) is 3.63. The molecule has 5 amide bonds. The molecule has 1 aromatic rings. The quantitative estimate of drug-likeness (QED) is 0.468. The molecule has 10 nitrogen and oxygen atoms in total. The highest BCUT2D eigenvalue weighted by Crippen LogP contribution is 2.32. The van der Waals surface area contributed by atoms with E-state index in [0.29, 0.717) is 0 Å². The summed E-state index contributed by atoms with van der Waals surface area (Å²) >= 11 is 0. The number of nitrogens with one attached hydrogen (secondary N) is 3. The highest BCUT2D eigenvalue weighted by atomic mass is 19.3. The lowest BCUT2D eigenvalue weighted by Gasteiger charge is -2.27. The van der Waals surface area contributed by atoms with E-state index in [2.05, 4.69) is 16.0 Å². The molecule has 1 aliphatic rings. The molecular formula is C18H23F2N5O5. The van der Waals surface area contributed by atoms with E-state index in [0.717, 1.165) is 6.07 Å². The van der Waals surface area contributed by atoms with E-state index >= 15 is 0 Å². The van der Waals surface area contributed by atoms with E-state index in [-0.39, 0.29) is 43.1 Å². The fourth-order valence-corrected chi connectivity index (χ4v) is 2.71. The number of ether oxygens (including phenoxy) is 1. The van der Waals surface area contributed by atoms with Gasteiger partial charge in [-0.25, -0.2) is 13.6 Å². The largest absolute Gasteiger partial charge is 0.370 e. The molecule has 1 aromatic carbocycles. The fourth-order valence-electron chi connectivity index (χ4n) is 2.71. The van der Waals surface area contributed by atoms with Crippen molar-refractivity contribution in [2.45, 2.75) is 32.4 Å². The number of carbonyl (C=O) groups is 4. The van der Waals surface area contributed by atoms with E-state index in [1.165, 1.54) is 17.0 Å². The van der Waals surface area contributed by atoms with Gasteiger partial charge in [0, 0.05) is 29.5 Å². The Kier molecular flexibility index (Phi) is 7.64. The van der Waals surface area contributed by atoms with Crippen molar-refractivity contribution in [2.24, 2.45) is 5.73 Å². The first-order valence-electron chi connectivity index (χ1n) is 9.07. The number of nitrogens with two attached hydrogens (primary N) is 1. The van der Waals surface area contributed by atoms with Crippen LogP contribution < -0.4 is 26.6 Å². The lowest BCUT2D eigenvalue weighted by Crippen LogP contribution is -2.55. The van der Waals surface area contributed by atoms with Crippen molar-refractivity contribution in [1.82, 2.24) is 10.6 Å². The van der Waals surface area contributed by atoms with Gasteiger partial charge in [0.25, 0.3) is 18.2 Å². The van der Waals surface area contributed by atoms with Gasteiger partial charge in [0.15, 0.2) is 6.04 Å². The van der Waals surface area contributed by atoms with Gasteiger partial charge in [-0.3, -0.25) is 14.4 Å². The number of primary amides is 1. The number of morpholine rings is 1. The zero-order valence-electron chi connectivity index (χ0n) is 16.4. The van der Waals surface area contributed by atoms with Gasteiger partial charge >= 0.3 is 6.03 Å². The third kappa shape index (κ3) is 5.86. The minimum absolute atomic E-state index is 0.160. The van der Waals surface area contributed by atoms with Crippen LogP contribution in [0.3, 0.4) is 0 Å². The first-order chi connectivity index (χ1) is 14.1. The maximum absolute atomic E-state index is 13.6. The third-order valence-electron chi connectivity index (χ3n) is 4.07. The van der Waals surface area contributed by atoms with E-state index in [9.17, 15) is 28.0 Å². The standard InChI is InChI=1S/C18H23F2N5O5/c1-9(2)22-18(29)24-14(16(21)27)17(28)23-12-4-3-10(7-11(12)15(19)20)25-5-6-30-8-13(25)26/h3-4,7,9,14-15H,5-6,8H2,1-2H3,(H2,21,27)(H,23,28)(H2,22,24,29)/t14-/m0/s1. The van der Waals surface area contributed by atoms with Gasteiger partial charge in [0.2, 0.25) is 5.91 Å². The molecule has 12 heteroatoms. The van der Waals surface area contributed by atoms with Crippen LogP contribution >= 0.6 is 0 Å². The van der Waals surface area contributed by atoms with E-state index in [1.807, 2.05) is 0 Å². The summed E-state index contributed by atoms with van der Waals surface area (Å²) in [6, 6.07) is 0.755. The highest BCUT2D eigenvalue weighted by molar-refractivity contribution is 6.11. The lowest BCUT2D eigenvalue weighted by atomic mass is 10.1. The summed E-state index contributed by atoms with van der Waals surface area (Å²) in [7, 11) is 0.